The van der Waals surface area contributed by atoms with E-state index in [2.05, 4.69) is 10.0 Å². The van der Waals surface area contributed by atoms with Crippen LogP contribution in [0.25, 0.3) is 6.08 Å². The number of amides is 2. The van der Waals surface area contributed by atoms with Gasteiger partial charge in [0, 0.05) is 37.3 Å². The van der Waals surface area contributed by atoms with Gasteiger partial charge in [-0.3, -0.25) is 14.3 Å². The maximum atomic E-state index is 12.7. The Balaban J connectivity index is 1.59. The largest absolute Gasteiger partial charge is 0.359 e. The third-order valence-corrected chi connectivity index (χ3v) is 6.05. The van der Waals surface area contributed by atoms with Gasteiger partial charge in [-0.15, -0.1) is 0 Å². The van der Waals surface area contributed by atoms with E-state index in [0.717, 1.165) is 11.0 Å². The lowest BCUT2D eigenvalue weighted by molar-refractivity contribution is -0.125. The van der Waals surface area contributed by atoms with Crippen LogP contribution in [0, 0.1) is 5.92 Å². The van der Waals surface area contributed by atoms with Crippen molar-refractivity contribution in [2.24, 2.45) is 5.92 Å². The maximum absolute atomic E-state index is 12.7. The SMILES string of the molecule is CNC(=O)C1CCN(C(=O)c2ccc(NS(=O)(=O)/C=C/c3ccccc3)cc2)CC1. The Labute approximate surface area is 176 Å². The van der Waals surface area contributed by atoms with Gasteiger partial charge in [-0.05, 0) is 48.7 Å². The van der Waals surface area contributed by atoms with E-state index in [-0.39, 0.29) is 17.7 Å². The van der Waals surface area contributed by atoms with E-state index in [1.807, 2.05) is 30.3 Å². The van der Waals surface area contributed by atoms with E-state index in [1.165, 1.54) is 6.08 Å². The lowest BCUT2D eigenvalue weighted by atomic mass is 9.95. The number of benzene rings is 2. The minimum Gasteiger partial charge on any atom is -0.359 e. The van der Waals surface area contributed by atoms with E-state index in [0.29, 0.717) is 37.2 Å². The molecule has 2 N–H and O–H groups in total. The van der Waals surface area contributed by atoms with Gasteiger partial charge in [0.1, 0.15) is 0 Å². The summed E-state index contributed by atoms with van der Waals surface area (Å²) in [5.41, 5.74) is 1.64. The molecule has 2 amide bonds. The first-order chi connectivity index (χ1) is 14.4. The molecular weight excluding hydrogens is 402 g/mol. The van der Waals surface area contributed by atoms with E-state index in [1.54, 1.807) is 36.2 Å². The number of hydrogen-bond acceptors (Lipinski definition) is 4. The second-order valence-corrected chi connectivity index (χ2v) is 8.68. The Morgan fingerprint density at radius 2 is 1.63 bits per heavy atom. The minimum atomic E-state index is -3.67. The average Bonchev–Trinajstić information content (AvgIpc) is 2.78. The molecule has 2 aromatic rings. The zero-order valence-electron chi connectivity index (χ0n) is 16.7. The summed E-state index contributed by atoms with van der Waals surface area (Å²) in [4.78, 5) is 26.1. The molecule has 1 aliphatic heterocycles. The summed E-state index contributed by atoms with van der Waals surface area (Å²) in [7, 11) is -2.05. The van der Waals surface area contributed by atoms with Crippen LogP contribution in [-0.2, 0) is 14.8 Å². The van der Waals surface area contributed by atoms with Gasteiger partial charge < -0.3 is 10.2 Å². The number of nitrogens with zero attached hydrogens (tertiary/aromatic N) is 1. The molecule has 1 aliphatic rings. The topological polar surface area (TPSA) is 95.6 Å². The second kappa shape index (κ2) is 9.58. The standard InChI is InChI=1S/C22H25N3O4S/c1-23-21(26)18-11-14-25(15-12-18)22(27)19-7-9-20(10-8-19)24-30(28,29)16-13-17-5-3-2-4-6-17/h2-10,13,16,18,24H,11-12,14-15H2,1H3,(H,23,26)/b16-13+. The quantitative estimate of drug-likeness (QED) is 0.741. The lowest BCUT2D eigenvalue weighted by Crippen LogP contribution is -2.42. The number of anilines is 1. The molecule has 1 heterocycles. The predicted octanol–water partition coefficient (Wildman–Crippen LogP) is 2.70. The number of nitrogens with one attached hydrogen (secondary N) is 2. The highest BCUT2D eigenvalue weighted by Gasteiger charge is 2.27. The van der Waals surface area contributed by atoms with Crippen molar-refractivity contribution in [2.75, 3.05) is 24.9 Å². The summed E-state index contributed by atoms with van der Waals surface area (Å²) in [5.74, 6) is -0.163. The van der Waals surface area contributed by atoms with Gasteiger partial charge in [-0.1, -0.05) is 30.3 Å². The van der Waals surface area contributed by atoms with Crippen LogP contribution in [0.1, 0.15) is 28.8 Å². The summed E-state index contributed by atoms with van der Waals surface area (Å²) in [6.45, 7) is 1.05. The number of piperidine rings is 1. The van der Waals surface area contributed by atoms with Gasteiger partial charge >= 0.3 is 0 Å². The molecule has 0 spiro atoms. The first kappa shape index (κ1) is 21.6. The molecule has 2 aromatic carbocycles. The molecule has 3 rings (SSSR count). The fourth-order valence-electron chi connectivity index (χ4n) is 3.34. The first-order valence-corrected chi connectivity index (χ1v) is 11.3. The molecule has 158 valence electrons. The molecular formula is C22H25N3O4S. The highest BCUT2D eigenvalue weighted by atomic mass is 32.2. The van der Waals surface area contributed by atoms with Gasteiger partial charge in [0.15, 0.2) is 0 Å². The molecule has 0 bridgehead atoms. The normalized spacial score (nSPS) is 15.2. The van der Waals surface area contributed by atoms with E-state index in [4.69, 9.17) is 0 Å². The van der Waals surface area contributed by atoms with Crippen LogP contribution in [0.4, 0.5) is 5.69 Å². The Morgan fingerprint density at radius 3 is 2.23 bits per heavy atom. The van der Waals surface area contributed by atoms with Crippen LogP contribution in [0.2, 0.25) is 0 Å². The molecule has 0 unspecified atom stereocenters. The Hall–Kier alpha value is -3.13. The van der Waals surface area contributed by atoms with E-state index >= 15 is 0 Å². The number of sulfonamides is 1. The van der Waals surface area contributed by atoms with Crippen molar-refractivity contribution in [2.45, 2.75) is 12.8 Å². The van der Waals surface area contributed by atoms with Gasteiger partial charge in [-0.25, -0.2) is 8.42 Å². The molecule has 0 aliphatic carbocycles. The summed E-state index contributed by atoms with van der Waals surface area (Å²) in [5, 5.41) is 3.76. The zero-order valence-corrected chi connectivity index (χ0v) is 17.6. The second-order valence-electron chi connectivity index (χ2n) is 7.12. The van der Waals surface area contributed by atoms with Crippen molar-refractivity contribution >= 4 is 33.6 Å². The van der Waals surface area contributed by atoms with Gasteiger partial charge in [0.25, 0.3) is 15.9 Å². The summed E-state index contributed by atoms with van der Waals surface area (Å²) < 4.78 is 27.0. The third-order valence-electron chi connectivity index (χ3n) is 5.03. The number of hydrogen-bond donors (Lipinski definition) is 2. The van der Waals surface area contributed by atoms with Crippen LogP contribution >= 0.6 is 0 Å². The molecule has 30 heavy (non-hydrogen) atoms. The summed E-state index contributed by atoms with van der Waals surface area (Å²) in [6, 6.07) is 15.5. The number of carbonyl (C=O) groups is 2. The molecule has 1 saturated heterocycles. The summed E-state index contributed by atoms with van der Waals surface area (Å²) in [6.07, 6.45) is 2.79. The van der Waals surface area contributed by atoms with Gasteiger partial charge in [0.05, 0.1) is 5.41 Å². The zero-order chi connectivity index (χ0) is 21.6. The number of carbonyl (C=O) groups excluding carboxylic acids is 2. The fourth-order valence-corrected chi connectivity index (χ4v) is 4.21. The van der Waals surface area contributed by atoms with Crippen molar-refractivity contribution in [3.8, 4) is 0 Å². The first-order valence-electron chi connectivity index (χ1n) is 9.75. The van der Waals surface area contributed by atoms with Crippen molar-refractivity contribution in [1.82, 2.24) is 10.2 Å². The van der Waals surface area contributed by atoms with Crippen LogP contribution in [0.3, 0.4) is 0 Å². The highest BCUT2D eigenvalue weighted by molar-refractivity contribution is 7.95. The van der Waals surface area contributed by atoms with Crippen LogP contribution in [0.15, 0.2) is 60.0 Å². The lowest BCUT2D eigenvalue weighted by Gasteiger charge is -2.31. The van der Waals surface area contributed by atoms with Crippen LogP contribution < -0.4 is 10.0 Å². The third kappa shape index (κ3) is 5.70. The fraction of sp³-hybridized carbons (Fsp3) is 0.273. The Kier molecular flexibility index (Phi) is 6.89. The average molecular weight is 428 g/mol. The number of rotatable bonds is 6. The van der Waals surface area contributed by atoms with E-state index in [9.17, 15) is 18.0 Å². The van der Waals surface area contributed by atoms with Crippen molar-refractivity contribution in [3.05, 3.63) is 71.1 Å². The molecule has 7 nitrogen and oxygen atoms in total. The number of likely N-dealkylation sites (tertiary alicyclic amines) is 1. The van der Waals surface area contributed by atoms with Crippen molar-refractivity contribution in [3.63, 3.8) is 0 Å². The predicted molar refractivity (Wildman–Crippen MR) is 117 cm³/mol. The van der Waals surface area contributed by atoms with Crippen molar-refractivity contribution < 1.29 is 18.0 Å². The maximum Gasteiger partial charge on any atom is 0.255 e. The molecule has 8 heteroatoms. The summed E-state index contributed by atoms with van der Waals surface area (Å²) >= 11 is 0. The van der Waals surface area contributed by atoms with E-state index < -0.39 is 10.0 Å². The Morgan fingerprint density at radius 1 is 1.00 bits per heavy atom. The van der Waals surface area contributed by atoms with Gasteiger partial charge in [-0.2, -0.15) is 0 Å². The monoisotopic (exact) mass is 427 g/mol. The molecule has 0 radical (unpaired) electrons. The van der Waals surface area contributed by atoms with Gasteiger partial charge in [0.2, 0.25) is 5.91 Å². The molecule has 0 atom stereocenters. The molecule has 1 fully saturated rings. The smallest absolute Gasteiger partial charge is 0.255 e. The molecule has 0 saturated carbocycles. The van der Waals surface area contributed by atoms with Crippen molar-refractivity contribution in [1.29, 1.82) is 0 Å². The molecule has 0 aromatic heterocycles. The van der Waals surface area contributed by atoms with Crippen LogP contribution in [-0.4, -0.2) is 45.3 Å². The van der Waals surface area contributed by atoms with Crippen LogP contribution in [0.5, 0.6) is 0 Å². The Bertz CT molecular complexity index is 1010. The highest BCUT2D eigenvalue weighted by Crippen LogP contribution is 2.20. The minimum absolute atomic E-state index is 0.0139.